The predicted octanol–water partition coefficient (Wildman–Crippen LogP) is 2.56. The number of nitrogens with one attached hydrogen (secondary N) is 1. The van der Waals surface area contributed by atoms with E-state index in [1.165, 1.54) is 6.42 Å². The van der Waals surface area contributed by atoms with E-state index in [9.17, 15) is 9.00 Å². The Bertz CT molecular complexity index is 1320. The highest BCUT2D eigenvalue weighted by atomic mass is 32.2. The molecule has 0 bridgehead atoms. The topological polar surface area (TPSA) is 83.4 Å². The van der Waals surface area contributed by atoms with Crippen LogP contribution in [0.25, 0.3) is 16.6 Å². The Morgan fingerprint density at radius 1 is 1.11 bits per heavy atom. The van der Waals surface area contributed by atoms with Gasteiger partial charge in [0.1, 0.15) is 10.8 Å². The fraction of sp³-hybridized carbons (Fsp3) is 0.250. The van der Waals surface area contributed by atoms with Crippen LogP contribution >= 0.6 is 0 Å². The van der Waals surface area contributed by atoms with Crippen molar-refractivity contribution in [1.29, 1.82) is 0 Å². The molecule has 3 heterocycles. The third-order valence-corrected chi connectivity index (χ3v) is 6.72. The van der Waals surface area contributed by atoms with E-state index < -0.39 is 10.8 Å². The summed E-state index contributed by atoms with van der Waals surface area (Å²) in [5.74, 6) is 0. The summed E-state index contributed by atoms with van der Waals surface area (Å²) in [6.45, 7) is 5.94. The van der Waals surface area contributed by atoms with Gasteiger partial charge in [0, 0.05) is 23.7 Å². The Kier molecular flexibility index (Phi) is 3.83. The van der Waals surface area contributed by atoms with Crippen molar-refractivity contribution in [3.8, 4) is 0 Å². The van der Waals surface area contributed by atoms with Gasteiger partial charge in [-0.25, -0.2) is 13.9 Å². The molecule has 0 radical (unpaired) electrons. The molecule has 1 N–H and O–H groups in total. The summed E-state index contributed by atoms with van der Waals surface area (Å²) in [5, 5.41) is 7.93. The van der Waals surface area contributed by atoms with Gasteiger partial charge in [-0.3, -0.25) is 4.79 Å². The fourth-order valence-corrected chi connectivity index (χ4v) is 4.78. The SMILES string of the molecule is Cc1ccc(S(=O)c2n[nH]n3c2nc(=O)c2ccc(N4CCC4)cc23)c(C)c1. The van der Waals surface area contributed by atoms with Crippen LogP contribution in [0.2, 0.25) is 0 Å². The average Bonchev–Trinajstić information content (AvgIpc) is 3.04. The molecule has 142 valence electrons. The summed E-state index contributed by atoms with van der Waals surface area (Å²) in [6.07, 6.45) is 1.17. The Morgan fingerprint density at radius 3 is 2.64 bits per heavy atom. The van der Waals surface area contributed by atoms with Crippen LogP contribution in [0.3, 0.4) is 0 Å². The molecule has 2 aromatic carbocycles. The van der Waals surface area contributed by atoms with Gasteiger partial charge in [0.05, 0.1) is 10.9 Å². The molecule has 8 heteroatoms. The Balaban J connectivity index is 1.71. The first-order valence-corrected chi connectivity index (χ1v) is 10.3. The minimum absolute atomic E-state index is 0.264. The van der Waals surface area contributed by atoms with Crippen LogP contribution in [0, 0.1) is 13.8 Å². The zero-order valence-electron chi connectivity index (χ0n) is 15.6. The Morgan fingerprint density at radius 2 is 1.93 bits per heavy atom. The molecule has 1 fully saturated rings. The number of hydrogen-bond donors (Lipinski definition) is 1. The highest BCUT2D eigenvalue weighted by molar-refractivity contribution is 7.85. The molecular formula is C20H19N5O2S. The van der Waals surface area contributed by atoms with Crippen LogP contribution in [0.1, 0.15) is 17.5 Å². The fourth-order valence-electron chi connectivity index (χ4n) is 3.60. The summed E-state index contributed by atoms with van der Waals surface area (Å²) in [5.41, 5.74) is 3.73. The van der Waals surface area contributed by atoms with Crippen molar-refractivity contribution in [1.82, 2.24) is 19.8 Å². The van der Waals surface area contributed by atoms with Crippen LogP contribution in [-0.2, 0) is 10.8 Å². The predicted molar refractivity (Wildman–Crippen MR) is 109 cm³/mol. The van der Waals surface area contributed by atoms with Gasteiger partial charge in [-0.15, -0.1) is 5.10 Å². The van der Waals surface area contributed by atoms with E-state index in [-0.39, 0.29) is 10.6 Å². The van der Waals surface area contributed by atoms with E-state index >= 15 is 0 Å². The van der Waals surface area contributed by atoms with Crippen molar-refractivity contribution in [3.05, 3.63) is 57.9 Å². The number of hydrogen-bond acceptors (Lipinski definition) is 5. The summed E-state index contributed by atoms with van der Waals surface area (Å²) in [6, 6.07) is 11.5. The van der Waals surface area contributed by atoms with Crippen molar-refractivity contribution in [2.45, 2.75) is 30.2 Å². The molecule has 1 saturated heterocycles. The lowest BCUT2D eigenvalue weighted by Crippen LogP contribution is -2.36. The summed E-state index contributed by atoms with van der Waals surface area (Å²) in [4.78, 5) is 19.7. The molecule has 1 unspecified atom stereocenters. The lowest BCUT2D eigenvalue weighted by atomic mass is 10.1. The second-order valence-corrected chi connectivity index (χ2v) is 8.54. The number of anilines is 1. The molecule has 1 aliphatic heterocycles. The normalized spacial score (nSPS) is 15.1. The van der Waals surface area contributed by atoms with Crippen LogP contribution in [-0.4, -0.2) is 37.1 Å². The van der Waals surface area contributed by atoms with Crippen molar-refractivity contribution >= 4 is 33.0 Å². The minimum atomic E-state index is -1.54. The average molecular weight is 393 g/mol. The van der Waals surface area contributed by atoms with Crippen molar-refractivity contribution in [2.75, 3.05) is 18.0 Å². The van der Waals surface area contributed by atoms with Crippen LogP contribution < -0.4 is 10.5 Å². The van der Waals surface area contributed by atoms with Gasteiger partial charge in [-0.05, 0) is 50.1 Å². The number of aromatic amines is 1. The molecular weight excluding hydrogens is 374 g/mol. The highest BCUT2D eigenvalue weighted by Gasteiger charge is 2.21. The first-order valence-electron chi connectivity index (χ1n) is 9.18. The third-order valence-electron chi connectivity index (χ3n) is 5.24. The van der Waals surface area contributed by atoms with Crippen LogP contribution in [0.15, 0.2) is 51.1 Å². The lowest BCUT2D eigenvalue weighted by molar-refractivity contribution is 0.618. The molecule has 5 rings (SSSR count). The van der Waals surface area contributed by atoms with E-state index in [0.29, 0.717) is 21.4 Å². The maximum absolute atomic E-state index is 13.2. The summed E-state index contributed by atoms with van der Waals surface area (Å²) < 4.78 is 14.8. The van der Waals surface area contributed by atoms with E-state index in [1.54, 1.807) is 10.6 Å². The van der Waals surface area contributed by atoms with Gasteiger partial charge < -0.3 is 4.90 Å². The second-order valence-electron chi connectivity index (χ2n) is 7.17. The first kappa shape index (κ1) is 17.1. The molecule has 0 aliphatic carbocycles. The van der Waals surface area contributed by atoms with E-state index in [0.717, 1.165) is 29.9 Å². The number of rotatable bonds is 3. The largest absolute Gasteiger partial charge is 0.371 e. The molecule has 0 spiro atoms. The molecule has 0 amide bonds. The number of fused-ring (bicyclic) bond motifs is 3. The number of aryl methyl sites for hydroxylation is 2. The molecule has 1 atom stereocenters. The number of aromatic nitrogens is 4. The Labute approximate surface area is 163 Å². The van der Waals surface area contributed by atoms with Crippen molar-refractivity contribution in [2.24, 2.45) is 0 Å². The zero-order chi connectivity index (χ0) is 19.4. The number of benzene rings is 2. The minimum Gasteiger partial charge on any atom is -0.371 e. The highest BCUT2D eigenvalue weighted by Crippen LogP contribution is 2.26. The maximum atomic E-state index is 13.2. The van der Waals surface area contributed by atoms with E-state index in [2.05, 4.69) is 20.2 Å². The van der Waals surface area contributed by atoms with Gasteiger partial charge in [0.15, 0.2) is 10.7 Å². The Hall–Kier alpha value is -3.00. The third kappa shape index (κ3) is 2.56. The van der Waals surface area contributed by atoms with E-state index in [1.807, 2.05) is 44.2 Å². The monoisotopic (exact) mass is 393 g/mol. The molecule has 0 saturated carbocycles. The molecule has 2 aromatic heterocycles. The molecule has 28 heavy (non-hydrogen) atoms. The van der Waals surface area contributed by atoms with Gasteiger partial charge in [0.25, 0.3) is 5.56 Å². The second kappa shape index (κ2) is 6.27. The standard InChI is InChI=1S/C20H19N5O2S/c1-12-4-7-17(13(2)10-12)28(27)20-18-21-19(26)15-6-5-14(24-8-3-9-24)11-16(15)25(18)23-22-20/h4-7,10-11,23H,3,8-9H2,1-2H3. The number of nitrogens with zero attached hydrogens (tertiary/aromatic N) is 4. The number of H-pyrrole nitrogens is 1. The summed E-state index contributed by atoms with van der Waals surface area (Å²) >= 11 is 0. The van der Waals surface area contributed by atoms with Gasteiger partial charge in [-0.1, -0.05) is 17.7 Å². The smallest absolute Gasteiger partial charge is 0.281 e. The van der Waals surface area contributed by atoms with E-state index in [4.69, 9.17) is 0 Å². The molecule has 1 aliphatic rings. The summed E-state index contributed by atoms with van der Waals surface area (Å²) in [7, 11) is -1.54. The molecule has 4 aromatic rings. The van der Waals surface area contributed by atoms with Crippen molar-refractivity contribution < 1.29 is 4.21 Å². The molecule has 7 nitrogen and oxygen atoms in total. The van der Waals surface area contributed by atoms with Crippen molar-refractivity contribution in [3.63, 3.8) is 0 Å². The van der Waals surface area contributed by atoms with Crippen LogP contribution in [0.4, 0.5) is 5.69 Å². The van der Waals surface area contributed by atoms with Gasteiger partial charge in [0.2, 0.25) is 0 Å². The van der Waals surface area contributed by atoms with Crippen LogP contribution in [0.5, 0.6) is 0 Å². The van der Waals surface area contributed by atoms with Gasteiger partial charge >= 0.3 is 0 Å². The maximum Gasteiger partial charge on any atom is 0.281 e. The van der Waals surface area contributed by atoms with Gasteiger partial charge in [-0.2, -0.15) is 4.98 Å². The quantitative estimate of drug-likeness (QED) is 0.578. The first-order chi connectivity index (χ1) is 13.5. The lowest BCUT2D eigenvalue weighted by Gasteiger charge is -2.33. The zero-order valence-corrected chi connectivity index (χ0v) is 16.4.